The molecule has 2 radical (unpaired) electrons. The van der Waals surface area contributed by atoms with Gasteiger partial charge in [-0.05, 0) is 37.9 Å². The van der Waals surface area contributed by atoms with Crippen molar-refractivity contribution in [3.63, 3.8) is 0 Å². The molecule has 0 saturated carbocycles. The Kier molecular flexibility index (Phi) is 15.9. The molecule has 15 nitrogen and oxygen atoms in total. The number of unbranched alkanes of at least 4 members (excludes halogenated alkanes) is 1. The number of aliphatic hydroxyl groups is 3. The summed E-state index contributed by atoms with van der Waals surface area (Å²) in [6.45, 7) is 2.22. The molecular weight excluding hydrogens is 584 g/mol. The molecule has 0 aromatic carbocycles. The van der Waals surface area contributed by atoms with Gasteiger partial charge in [-0.15, -0.1) is 0 Å². The van der Waals surface area contributed by atoms with Crippen molar-refractivity contribution in [2.75, 3.05) is 47.1 Å². The number of phosphoric ester groups is 1. The molecule has 2 unspecified atom stereocenters. The van der Waals surface area contributed by atoms with Crippen LogP contribution in [0.5, 0.6) is 0 Å². The molecule has 0 aliphatic carbocycles. The number of amides is 1. The summed E-state index contributed by atoms with van der Waals surface area (Å²) in [5.41, 5.74) is 0. The number of carbonyl (C=O) groups is 1. The van der Waals surface area contributed by atoms with E-state index in [-0.39, 0.29) is 19.1 Å². The minimum Gasteiger partial charge on any atom is -0.394 e. The van der Waals surface area contributed by atoms with Gasteiger partial charge in [-0.1, -0.05) is 0 Å². The summed E-state index contributed by atoms with van der Waals surface area (Å²) in [5.74, 6) is -0.777. The first-order valence-corrected chi connectivity index (χ1v) is 15.3. The first-order chi connectivity index (χ1) is 19.4. The van der Waals surface area contributed by atoms with Crippen LogP contribution >= 0.6 is 20.0 Å². The minimum atomic E-state index is -4.25. The van der Waals surface area contributed by atoms with Crippen LogP contribution in [0.2, 0.25) is 0 Å². The fourth-order valence-corrected chi connectivity index (χ4v) is 5.55. The molecule has 2 aliphatic heterocycles. The molecule has 10 atom stereocenters. The smallest absolute Gasteiger partial charge is 0.394 e. The largest absolute Gasteiger partial charge is 0.472 e. The molecule has 2 aliphatic rings. The van der Waals surface area contributed by atoms with E-state index in [1.807, 2.05) is 0 Å². The first kappa shape index (κ1) is 36.2. The Morgan fingerprint density at radius 1 is 1.07 bits per heavy atom. The maximum absolute atomic E-state index is 12.0. The van der Waals surface area contributed by atoms with Crippen molar-refractivity contribution in [2.45, 2.75) is 81.5 Å². The molecule has 7 N–H and O–H groups in total. The van der Waals surface area contributed by atoms with Crippen LogP contribution in [0.15, 0.2) is 0 Å². The third-order valence-electron chi connectivity index (χ3n) is 6.75. The van der Waals surface area contributed by atoms with E-state index in [1.54, 1.807) is 0 Å². The van der Waals surface area contributed by atoms with E-state index in [1.165, 1.54) is 14.0 Å². The van der Waals surface area contributed by atoms with E-state index in [9.17, 15) is 29.6 Å². The molecule has 0 spiro atoms. The molecule has 0 bridgehead atoms. The van der Waals surface area contributed by atoms with E-state index >= 15 is 0 Å². The van der Waals surface area contributed by atoms with Gasteiger partial charge in [0.15, 0.2) is 11.4 Å². The molecule has 0 aromatic rings. The number of aliphatic hydroxyl groups excluding tert-OH is 3. The fraction of sp³-hybridized carbons (Fsp3) is 0.913. The van der Waals surface area contributed by atoms with Gasteiger partial charge in [0.2, 0.25) is 5.91 Å². The van der Waals surface area contributed by atoms with Crippen LogP contribution in [0.3, 0.4) is 0 Å². The standard InChI is InChI=1S/C23H43BN3O12PS/c1-13(29)27-17-19(31)18(30)15(11-28)38-22(17)36-10-5-4-8-25-23(41)26-9-6-7-14-20(39-40(32,33)35-3)16(12-34-2)37-21(14)24/h14-22,28,30-31H,4-12H2,1-3H3,(H,27,29)(H,32,33)(H2,25,26,41)/t14?,15-,16-,17-,18+,19-,20-,21-,22-/m1/s1. The quantitative estimate of drug-likeness (QED) is 0.0414. The number of carbonyl (C=O) groups excluding carboxylic acids is 1. The number of hydrogen-bond acceptors (Lipinski definition) is 12. The van der Waals surface area contributed by atoms with Crippen LogP contribution in [0.1, 0.15) is 32.6 Å². The zero-order valence-corrected chi connectivity index (χ0v) is 25.3. The Hall–Kier alpha value is -0.945. The van der Waals surface area contributed by atoms with Gasteiger partial charge in [0.1, 0.15) is 44.4 Å². The molecule has 236 valence electrons. The fourth-order valence-electron chi connectivity index (χ4n) is 4.66. The van der Waals surface area contributed by atoms with Gasteiger partial charge in [0.05, 0.1) is 13.2 Å². The van der Waals surface area contributed by atoms with Crippen LogP contribution < -0.4 is 16.0 Å². The maximum atomic E-state index is 12.0. The predicted octanol–water partition coefficient (Wildman–Crippen LogP) is -1.74. The lowest BCUT2D eigenvalue weighted by Gasteiger charge is -2.42. The Labute approximate surface area is 246 Å². The average molecular weight is 627 g/mol. The Balaban J connectivity index is 1.67. The summed E-state index contributed by atoms with van der Waals surface area (Å²) in [4.78, 5) is 21.3. The van der Waals surface area contributed by atoms with E-state index in [4.69, 9.17) is 43.5 Å². The zero-order valence-electron chi connectivity index (χ0n) is 23.5. The Bertz CT molecular complexity index is 867. The normalized spacial score (nSPS) is 33.2. The van der Waals surface area contributed by atoms with Gasteiger partial charge in [-0.25, -0.2) is 4.57 Å². The van der Waals surface area contributed by atoms with Gasteiger partial charge >= 0.3 is 7.82 Å². The summed E-state index contributed by atoms with van der Waals surface area (Å²) >= 11 is 5.31. The summed E-state index contributed by atoms with van der Waals surface area (Å²) in [7, 11) is 4.42. The van der Waals surface area contributed by atoms with Gasteiger partial charge in [0.25, 0.3) is 0 Å². The number of nitrogens with one attached hydrogen (secondary N) is 3. The molecule has 2 rings (SSSR count). The summed E-state index contributed by atoms with van der Waals surface area (Å²) in [6.07, 6.45) is -3.72. The molecule has 0 aromatic heterocycles. The van der Waals surface area contributed by atoms with Gasteiger partial charge in [-0.3, -0.25) is 13.8 Å². The lowest BCUT2D eigenvalue weighted by Crippen LogP contribution is -2.64. The second kappa shape index (κ2) is 18.0. The minimum absolute atomic E-state index is 0.147. The van der Waals surface area contributed by atoms with Crippen LogP contribution in [-0.4, -0.2) is 135 Å². The molecule has 1 amide bonds. The molecule has 2 saturated heterocycles. The maximum Gasteiger partial charge on any atom is 0.472 e. The molecule has 2 heterocycles. The highest BCUT2D eigenvalue weighted by Crippen LogP contribution is 2.48. The lowest BCUT2D eigenvalue weighted by molar-refractivity contribution is -0.270. The molecular formula is C23H43BN3O12PS. The predicted molar refractivity (Wildman–Crippen MR) is 150 cm³/mol. The average Bonchev–Trinajstić information content (AvgIpc) is 3.20. The van der Waals surface area contributed by atoms with E-state index in [0.717, 1.165) is 7.11 Å². The number of thiocarbonyl (C=S) groups is 1. The van der Waals surface area contributed by atoms with Gasteiger partial charge in [-0.2, -0.15) is 0 Å². The van der Waals surface area contributed by atoms with Crippen molar-refractivity contribution in [3.8, 4) is 0 Å². The highest BCUT2D eigenvalue weighted by Gasteiger charge is 2.46. The van der Waals surface area contributed by atoms with E-state index < -0.39 is 69.2 Å². The topological polar surface area (TPSA) is 207 Å². The number of hydrogen-bond donors (Lipinski definition) is 7. The lowest BCUT2D eigenvalue weighted by atomic mass is 9.82. The summed E-state index contributed by atoms with van der Waals surface area (Å²) in [5, 5.41) is 38.9. The molecule has 18 heteroatoms. The number of methoxy groups -OCH3 is 1. The van der Waals surface area contributed by atoms with Crippen molar-refractivity contribution >= 4 is 38.9 Å². The highest BCUT2D eigenvalue weighted by molar-refractivity contribution is 7.80. The van der Waals surface area contributed by atoms with E-state index in [2.05, 4.69) is 20.5 Å². The third-order valence-corrected chi connectivity index (χ3v) is 8.01. The molecule has 2 fully saturated rings. The second-order valence-corrected chi connectivity index (χ2v) is 11.7. The first-order valence-electron chi connectivity index (χ1n) is 13.4. The van der Waals surface area contributed by atoms with Crippen LogP contribution in [-0.2, 0) is 37.4 Å². The second-order valence-electron chi connectivity index (χ2n) is 9.82. The van der Waals surface area contributed by atoms with Crippen molar-refractivity contribution in [1.82, 2.24) is 16.0 Å². The van der Waals surface area contributed by atoms with Gasteiger partial charge in [0, 0.05) is 52.8 Å². The van der Waals surface area contributed by atoms with E-state index in [0.29, 0.717) is 43.9 Å². The van der Waals surface area contributed by atoms with Crippen molar-refractivity contribution in [3.05, 3.63) is 0 Å². The summed E-state index contributed by atoms with van der Waals surface area (Å²) in [6, 6.07) is -1.67. The number of phosphoric acid groups is 1. The Morgan fingerprint density at radius 3 is 2.37 bits per heavy atom. The highest BCUT2D eigenvalue weighted by atomic mass is 32.1. The van der Waals surface area contributed by atoms with Crippen molar-refractivity contribution in [1.29, 1.82) is 0 Å². The SMILES string of the molecule is [B][C@@H]1O[C@H](COC)[C@H](OP(=O)(O)OC)C1CCCNC(=S)NCCCCO[C@@H]1O[C@H](CO)[C@H](O)[C@H](O)[C@H]1NC(C)=O. The molecule has 41 heavy (non-hydrogen) atoms. The van der Waals surface area contributed by atoms with Crippen LogP contribution in [0, 0.1) is 5.92 Å². The third kappa shape index (κ3) is 11.6. The Morgan fingerprint density at radius 2 is 1.76 bits per heavy atom. The number of ether oxygens (including phenoxy) is 4. The van der Waals surface area contributed by atoms with Gasteiger partial charge < -0.3 is 55.1 Å². The summed E-state index contributed by atoms with van der Waals surface area (Å²) < 4.78 is 43.9. The zero-order chi connectivity index (χ0) is 30.6. The monoisotopic (exact) mass is 627 g/mol. The van der Waals surface area contributed by atoms with Crippen LogP contribution in [0.25, 0.3) is 0 Å². The van der Waals surface area contributed by atoms with Crippen molar-refractivity contribution in [2.24, 2.45) is 5.92 Å². The van der Waals surface area contributed by atoms with Crippen LogP contribution in [0.4, 0.5) is 0 Å². The number of rotatable bonds is 17. The van der Waals surface area contributed by atoms with Crippen molar-refractivity contribution < 1.29 is 57.6 Å².